The number of aliphatic hydroxyl groups is 1. The van der Waals surface area contributed by atoms with Gasteiger partial charge in [0.05, 0.1) is 0 Å². The van der Waals surface area contributed by atoms with Crippen molar-refractivity contribution in [3.05, 3.63) is 0 Å². The number of ketones is 1. The lowest BCUT2D eigenvalue weighted by Gasteiger charge is -2.59. The van der Waals surface area contributed by atoms with Crippen molar-refractivity contribution < 1.29 is 19.8 Å². The second-order valence-electron chi connectivity index (χ2n) is 12.4. The van der Waals surface area contributed by atoms with Gasteiger partial charge in [-0.3, -0.25) is 9.59 Å². The van der Waals surface area contributed by atoms with Crippen molar-refractivity contribution in [2.75, 3.05) is 6.61 Å². The molecule has 0 spiro atoms. The summed E-state index contributed by atoms with van der Waals surface area (Å²) in [6.45, 7) is 17.6. The summed E-state index contributed by atoms with van der Waals surface area (Å²) in [5.41, 5.74) is 0.962. The maximum atomic E-state index is 13.2. The topological polar surface area (TPSA) is 74.6 Å². The normalized spacial score (nSPS) is 34.6. The molecule has 0 bridgehead atoms. The Morgan fingerprint density at radius 2 is 1.34 bits per heavy atom. The molecule has 4 saturated carbocycles. The van der Waals surface area contributed by atoms with Crippen LogP contribution in [0.4, 0.5) is 0 Å². The minimum absolute atomic E-state index is 0.250. The lowest BCUT2D eigenvalue weighted by atomic mass is 9.44. The highest BCUT2D eigenvalue weighted by atomic mass is 16.3. The van der Waals surface area contributed by atoms with E-state index < -0.39 is 0 Å². The second-order valence-corrected chi connectivity index (χ2v) is 12.4. The van der Waals surface area contributed by atoms with Crippen LogP contribution < -0.4 is 0 Å². The van der Waals surface area contributed by atoms with Crippen LogP contribution in [0.5, 0.6) is 0 Å². The summed E-state index contributed by atoms with van der Waals surface area (Å²) in [7, 11) is 0. The summed E-state index contributed by atoms with van der Waals surface area (Å²) in [6, 6.07) is 0. The largest absolute Gasteiger partial charge is 0.483 e. The van der Waals surface area contributed by atoms with Crippen molar-refractivity contribution in [3.63, 3.8) is 0 Å². The smallest absolute Gasteiger partial charge is 0.290 e. The van der Waals surface area contributed by atoms with Gasteiger partial charge >= 0.3 is 0 Å². The highest BCUT2D eigenvalue weighted by Gasteiger charge is 2.61. The molecular formula is C34H66O4. The first-order chi connectivity index (χ1) is 18.2. The van der Waals surface area contributed by atoms with Crippen molar-refractivity contribution in [3.8, 4) is 0 Å². The van der Waals surface area contributed by atoms with E-state index in [2.05, 4.69) is 34.6 Å². The monoisotopic (exact) mass is 538 g/mol. The number of fused-ring (bicyclic) bond motifs is 5. The Labute approximate surface area is 237 Å². The molecule has 4 heteroatoms. The average molecular weight is 539 g/mol. The zero-order valence-corrected chi connectivity index (χ0v) is 26.7. The van der Waals surface area contributed by atoms with E-state index in [-0.39, 0.29) is 13.1 Å². The van der Waals surface area contributed by atoms with Crippen molar-refractivity contribution in [2.24, 2.45) is 40.4 Å². The van der Waals surface area contributed by atoms with Crippen molar-refractivity contribution in [1.82, 2.24) is 0 Å². The number of hydrogen-bond donors (Lipinski definition) is 2. The molecule has 4 aliphatic carbocycles. The van der Waals surface area contributed by atoms with Crippen LogP contribution in [-0.4, -0.2) is 29.1 Å². The van der Waals surface area contributed by atoms with Crippen LogP contribution in [0.15, 0.2) is 0 Å². The Bertz CT molecular complexity index is 616. The second kappa shape index (κ2) is 20.0. The minimum Gasteiger partial charge on any atom is -0.483 e. The van der Waals surface area contributed by atoms with Gasteiger partial charge in [-0.25, -0.2) is 0 Å². The highest BCUT2D eigenvalue weighted by molar-refractivity contribution is 5.83. The summed E-state index contributed by atoms with van der Waals surface area (Å²) in [5, 5.41) is 14.5. The van der Waals surface area contributed by atoms with E-state index in [9.17, 15) is 4.79 Å². The molecule has 226 valence electrons. The van der Waals surface area contributed by atoms with E-state index >= 15 is 0 Å². The first-order valence-electron chi connectivity index (χ1n) is 16.5. The third-order valence-electron chi connectivity index (χ3n) is 10.4. The van der Waals surface area contributed by atoms with E-state index in [0.29, 0.717) is 40.3 Å². The predicted molar refractivity (Wildman–Crippen MR) is 162 cm³/mol. The number of rotatable bonds is 6. The fourth-order valence-electron chi connectivity index (χ4n) is 8.49. The van der Waals surface area contributed by atoms with Crippen LogP contribution in [0, 0.1) is 40.4 Å². The van der Waals surface area contributed by atoms with Gasteiger partial charge in [0.25, 0.3) is 6.47 Å². The van der Waals surface area contributed by atoms with Gasteiger partial charge in [-0.05, 0) is 86.4 Å². The molecule has 0 heterocycles. The molecule has 0 aromatic carbocycles. The Hall–Kier alpha value is -0.900. The minimum atomic E-state index is -0.250. The summed E-state index contributed by atoms with van der Waals surface area (Å²) in [5.74, 6) is 4.14. The average Bonchev–Trinajstić information content (AvgIpc) is 3.25. The SMILES string of the molecule is CC.CCCCC1CCC2C3C(=O)CC4CCCCC4(C)C3CCC12C.CCCCCC.CCO.O=CO. The van der Waals surface area contributed by atoms with Gasteiger partial charge in [0.2, 0.25) is 0 Å². The Morgan fingerprint density at radius 3 is 1.87 bits per heavy atom. The summed E-state index contributed by atoms with van der Waals surface area (Å²) in [4.78, 5) is 21.6. The Morgan fingerprint density at radius 1 is 0.816 bits per heavy atom. The Balaban J connectivity index is 0.000000824. The van der Waals surface area contributed by atoms with Crippen molar-refractivity contribution in [2.45, 2.75) is 158 Å². The molecule has 4 nitrogen and oxygen atoms in total. The lowest BCUT2D eigenvalue weighted by molar-refractivity contribution is -0.155. The van der Waals surface area contributed by atoms with Crippen molar-refractivity contribution >= 4 is 12.3 Å². The molecule has 4 fully saturated rings. The van der Waals surface area contributed by atoms with Gasteiger partial charge in [0.15, 0.2) is 0 Å². The number of carboxylic acid groups (broad SMARTS) is 1. The quantitative estimate of drug-likeness (QED) is 0.261. The van der Waals surface area contributed by atoms with Crippen LogP contribution in [-0.2, 0) is 9.59 Å². The van der Waals surface area contributed by atoms with Gasteiger partial charge in [0.1, 0.15) is 5.78 Å². The number of Topliss-reactive ketones (excluding diaryl/α,β-unsaturated/α-hetero) is 1. The van der Waals surface area contributed by atoms with E-state index in [0.717, 1.165) is 12.3 Å². The molecule has 0 aromatic heterocycles. The highest BCUT2D eigenvalue weighted by Crippen LogP contribution is 2.67. The molecule has 38 heavy (non-hydrogen) atoms. The van der Waals surface area contributed by atoms with Gasteiger partial charge in [0, 0.05) is 18.9 Å². The van der Waals surface area contributed by atoms with E-state index in [1.54, 1.807) is 6.92 Å². The molecular weight excluding hydrogens is 472 g/mol. The fraction of sp³-hybridized carbons (Fsp3) is 0.941. The third kappa shape index (κ3) is 9.63. The maximum Gasteiger partial charge on any atom is 0.290 e. The standard InChI is InChI=1S/C23H38O.C6H14.C2H6O.C2H6.CH2O2/c1-4-5-8-16-10-11-18-21-19(12-14-23(16,18)3)22(2)13-7-6-9-17(22)15-20(21)24;1-3-5-6-4-2;1-2-3;1-2;2-1-3/h16-19,21H,4-15H2,1-3H3;3-6H2,1-2H3;3H,2H2,1H3;1-2H3;1H,(H,2,3). The number of hydrogen-bond acceptors (Lipinski definition) is 3. The first-order valence-corrected chi connectivity index (χ1v) is 16.5. The fourth-order valence-corrected chi connectivity index (χ4v) is 8.49. The van der Waals surface area contributed by atoms with Crippen LogP contribution in [0.2, 0.25) is 0 Å². The van der Waals surface area contributed by atoms with Gasteiger partial charge in [-0.1, -0.05) is 99.8 Å². The molecule has 0 aromatic rings. The number of carbonyl (C=O) groups is 2. The third-order valence-corrected chi connectivity index (χ3v) is 10.4. The van der Waals surface area contributed by atoms with E-state index in [1.807, 2.05) is 13.8 Å². The summed E-state index contributed by atoms with van der Waals surface area (Å²) in [6.07, 6.45) is 21.6. The van der Waals surface area contributed by atoms with E-state index in [4.69, 9.17) is 15.0 Å². The molecule has 0 radical (unpaired) electrons. The molecule has 0 saturated heterocycles. The van der Waals surface area contributed by atoms with Crippen LogP contribution in [0.3, 0.4) is 0 Å². The summed E-state index contributed by atoms with van der Waals surface area (Å²) < 4.78 is 0. The van der Waals surface area contributed by atoms with Crippen molar-refractivity contribution in [1.29, 1.82) is 0 Å². The molecule has 7 unspecified atom stereocenters. The Kier molecular flexibility index (Phi) is 19.6. The molecule has 0 aliphatic heterocycles. The maximum absolute atomic E-state index is 13.2. The number of unbranched alkanes of at least 4 members (excludes halogenated alkanes) is 4. The lowest BCUT2D eigenvalue weighted by Crippen LogP contribution is -2.56. The molecule has 4 aliphatic rings. The zero-order valence-electron chi connectivity index (χ0n) is 26.7. The number of aliphatic hydroxyl groups excluding tert-OH is 1. The zero-order chi connectivity index (χ0) is 29.2. The van der Waals surface area contributed by atoms with Gasteiger partial charge in [-0.15, -0.1) is 0 Å². The van der Waals surface area contributed by atoms with Gasteiger partial charge < -0.3 is 10.2 Å². The molecule has 0 amide bonds. The van der Waals surface area contributed by atoms with Crippen LogP contribution in [0.1, 0.15) is 158 Å². The molecule has 7 atom stereocenters. The van der Waals surface area contributed by atoms with Gasteiger partial charge in [-0.2, -0.15) is 0 Å². The van der Waals surface area contributed by atoms with Crippen LogP contribution in [0.25, 0.3) is 0 Å². The van der Waals surface area contributed by atoms with Crippen LogP contribution >= 0.6 is 0 Å². The number of carbonyl (C=O) groups excluding carboxylic acids is 1. The molecule has 2 N–H and O–H groups in total. The first kappa shape index (κ1) is 37.1. The molecule has 4 rings (SSSR count). The predicted octanol–water partition coefficient (Wildman–Crippen LogP) is 9.72. The van der Waals surface area contributed by atoms with E-state index in [1.165, 1.54) is 96.3 Å². The summed E-state index contributed by atoms with van der Waals surface area (Å²) >= 11 is 0.